The van der Waals surface area contributed by atoms with Crippen molar-refractivity contribution in [1.82, 2.24) is 9.80 Å². The maximum atomic E-state index is 12.2. The van der Waals surface area contributed by atoms with Crippen molar-refractivity contribution in [3.8, 4) is 0 Å². The topological polar surface area (TPSA) is 70.1 Å². The maximum absolute atomic E-state index is 12.2. The lowest BCUT2D eigenvalue weighted by atomic mass is 10.2. The highest BCUT2D eigenvalue weighted by atomic mass is 16.5. The third-order valence-electron chi connectivity index (χ3n) is 3.24. The van der Waals surface area contributed by atoms with Gasteiger partial charge in [0.2, 0.25) is 5.91 Å². The Balaban J connectivity index is 2.68. The molecule has 0 bridgehead atoms. The van der Waals surface area contributed by atoms with Crippen LogP contribution < -0.4 is 0 Å². The van der Waals surface area contributed by atoms with Gasteiger partial charge in [-0.25, -0.2) is 0 Å². The van der Waals surface area contributed by atoms with Crippen molar-refractivity contribution in [1.29, 1.82) is 0 Å². The third-order valence-corrected chi connectivity index (χ3v) is 3.24. The van der Waals surface area contributed by atoms with E-state index in [1.54, 1.807) is 22.0 Å². The van der Waals surface area contributed by atoms with Gasteiger partial charge in [0.1, 0.15) is 6.04 Å². The minimum Gasteiger partial charge on any atom is -0.468 e. The van der Waals surface area contributed by atoms with E-state index in [1.165, 1.54) is 7.11 Å². The molecule has 20 heavy (non-hydrogen) atoms. The summed E-state index contributed by atoms with van der Waals surface area (Å²) in [5, 5.41) is 9.67. The van der Waals surface area contributed by atoms with Gasteiger partial charge in [-0.2, -0.15) is 0 Å². The molecule has 1 heterocycles. The summed E-state index contributed by atoms with van der Waals surface area (Å²) in [6.45, 7) is 8.42. The van der Waals surface area contributed by atoms with E-state index in [-0.39, 0.29) is 12.5 Å². The molecule has 0 aromatic carbocycles. The number of aliphatic hydroxyl groups excluding tert-OH is 1. The summed E-state index contributed by atoms with van der Waals surface area (Å²) in [6, 6.07) is -0.562. The Hall–Kier alpha value is -1.66. The first-order valence-electron chi connectivity index (χ1n) is 6.53. The lowest BCUT2D eigenvalue weighted by Crippen LogP contribution is -2.45. The van der Waals surface area contributed by atoms with Gasteiger partial charge in [0.25, 0.3) is 0 Å². The van der Waals surface area contributed by atoms with Gasteiger partial charge in [-0.3, -0.25) is 14.5 Å². The Morgan fingerprint density at radius 2 is 2.00 bits per heavy atom. The zero-order valence-corrected chi connectivity index (χ0v) is 11.8. The quantitative estimate of drug-likeness (QED) is 0.517. The Kier molecular flexibility index (Phi) is 6.41. The molecule has 0 aliphatic carbocycles. The molecule has 0 aromatic heterocycles. The lowest BCUT2D eigenvalue weighted by molar-refractivity contribution is -0.146. The predicted molar refractivity (Wildman–Crippen MR) is 75.0 cm³/mol. The van der Waals surface area contributed by atoms with Gasteiger partial charge in [0.05, 0.1) is 19.8 Å². The number of carbonyl (C=O) groups is 2. The minimum atomic E-state index is -0.612. The number of methoxy groups -OCH3 is 1. The fourth-order valence-corrected chi connectivity index (χ4v) is 2.30. The number of aliphatic hydroxyl groups is 1. The molecule has 112 valence electrons. The van der Waals surface area contributed by atoms with E-state index in [2.05, 4.69) is 13.2 Å². The zero-order valence-electron chi connectivity index (χ0n) is 11.8. The summed E-state index contributed by atoms with van der Waals surface area (Å²) in [7, 11) is 1.30. The highest BCUT2D eigenvalue weighted by Gasteiger charge is 2.38. The number of rotatable bonds is 7. The Labute approximate surface area is 119 Å². The van der Waals surface area contributed by atoms with Crippen LogP contribution in [-0.4, -0.2) is 72.2 Å². The lowest BCUT2D eigenvalue weighted by Gasteiger charge is -2.25. The number of likely N-dealkylation sites (tertiary alicyclic amines) is 1. The van der Waals surface area contributed by atoms with Crippen molar-refractivity contribution in [2.45, 2.75) is 18.6 Å². The van der Waals surface area contributed by atoms with E-state index < -0.39 is 18.1 Å². The first-order chi connectivity index (χ1) is 9.53. The van der Waals surface area contributed by atoms with Crippen molar-refractivity contribution < 1.29 is 19.4 Å². The SMILES string of the molecule is C=CCN(CC=C)C(=O)CN1CC(O)CC1C(=O)OC. The predicted octanol–water partition coefficient (Wildman–Crippen LogP) is -0.205. The maximum Gasteiger partial charge on any atom is 0.323 e. The van der Waals surface area contributed by atoms with Gasteiger partial charge in [-0.1, -0.05) is 12.2 Å². The van der Waals surface area contributed by atoms with Crippen molar-refractivity contribution >= 4 is 11.9 Å². The summed E-state index contributed by atoms with van der Waals surface area (Å²) in [4.78, 5) is 27.1. The van der Waals surface area contributed by atoms with Crippen LogP contribution in [0.5, 0.6) is 0 Å². The van der Waals surface area contributed by atoms with Gasteiger partial charge in [-0.05, 0) is 0 Å². The normalized spacial score (nSPS) is 22.3. The van der Waals surface area contributed by atoms with Crippen LogP contribution in [0.25, 0.3) is 0 Å². The molecule has 6 nitrogen and oxygen atoms in total. The summed E-state index contributed by atoms with van der Waals surface area (Å²) < 4.78 is 4.70. The number of nitrogens with zero attached hydrogens (tertiary/aromatic N) is 2. The molecule has 0 aromatic rings. The molecule has 0 saturated carbocycles. The second kappa shape index (κ2) is 7.81. The summed E-state index contributed by atoms with van der Waals surface area (Å²) in [5.74, 6) is -0.554. The number of amides is 1. The van der Waals surface area contributed by atoms with Gasteiger partial charge < -0.3 is 14.7 Å². The van der Waals surface area contributed by atoms with E-state index >= 15 is 0 Å². The fourth-order valence-electron chi connectivity index (χ4n) is 2.30. The summed E-state index contributed by atoms with van der Waals surface area (Å²) in [6.07, 6.45) is 2.96. The van der Waals surface area contributed by atoms with E-state index in [4.69, 9.17) is 4.74 Å². The molecule has 1 aliphatic rings. The molecular formula is C14H22N2O4. The molecule has 1 N–H and O–H groups in total. The molecule has 2 atom stereocenters. The molecule has 1 rings (SSSR count). The van der Waals surface area contributed by atoms with Crippen LogP contribution >= 0.6 is 0 Å². The number of carbonyl (C=O) groups excluding carboxylic acids is 2. The highest BCUT2D eigenvalue weighted by Crippen LogP contribution is 2.19. The number of ether oxygens (including phenoxy) is 1. The monoisotopic (exact) mass is 282 g/mol. The second-order valence-electron chi connectivity index (χ2n) is 4.73. The number of esters is 1. The fraction of sp³-hybridized carbons (Fsp3) is 0.571. The summed E-state index contributed by atoms with van der Waals surface area (Å²) >= 11 is 0. The van der Waals surface area contributed by atoms with Crippen LogP contribution in [-0.2, 0) is 14.3 Å². The Morgan fingerprint density at radius 1 is 1.40 bits per heavy atom. The molecule has 6 heteroatoms. The smallest absolute Gasteiger partial charge is 0.323 e. The van der Waals surface area contributed by atoms with Gasteiger partial charge in [-0.15, -0.1) is 13.2 Å². The molecule has 1 saturated heterocycles. The molecule has 1 amide bonds. The highest BCUT2D eigenvalue weighted by molar-refractivity contribution is 5.81. The van der Waals surface area contributed by atoms with Crippen LogP contribution in [0.1, 0.15) is 6.42 Å². The van der Waals surface area contributed by atoms with Crippen molar-refractivity contribution in [3.63, 3.8) is 0 Å². The standard InChI is InChI=1S/C14H22N2O4/c1-4-6-15(7-5-2)13(18)10-16-9-11(17)8-12(16)14(19)20-3/h4-5,11-12,17H,1-2,6-10H2,3H3. The van der Waals surface area contributed by atoms with Gasteiger partial charge >= 0.3 is 5.97 Å². The van der Waals surface area contributed by atoms with Crippen LogP contribution in [0.2, 0.25) is 0 Å². The van der Waals surface area contributed by atoms with E-state index in [1.807, 2.05) is 0 Å². The number of hydrogen-bond acceptors (Lipinski definition) is 5. The average molecular weight is 282 g/mol. The average Bonchev–Trinajstić information content (AvgIpc) is 2.78. The molecule has 2 unspecified atom stereocenters. The first kappa shape index (κ1) is 16.4. The van der Waals surface area contributed by atoms with Crippen LogP contribution in [0, 0.1) is 0 Å². The third kappa shape index (κ3) is 4.18. The second-order valence-corrected chi connectivity index (χ2v) is 4.73. The van der Waals surface area contributed by atoms with E-state index in [0.29, 0.717) is 26.1 Å². The van der Waals surface area contributed by atoms with E-state index in [9.17, 15) is 14.7 Å². The first-order valence-corrected chi connectivity index (χ1v) is 6.53. The molecule has 0 radical (unpaired) electrons. The Morgan fingerprint density at radius 3 is 2.50 bits per heavy atom. The van der Waals surface area contributed by atoms with Crippen LogP contribution in [0.3, 0.4) is 0 Å². The Bertz CT molecular complexity index is 373. The largest absolute Gasteiger partial charge is 0.468 e. The zero-order chi connectivity index (χ0) is 15.1. The van der Waals surface area contributed by atoms with Gasteiger partial charge in [0.15, 0.2) is 0 Å². The molecule has 0 spiro atoms. The molecular weight excluding hydrogens is 260 g/mol. The van der Waals surface area contributed by atoms with Crippen LogP contribution in [0.15, 0.2) is 25.3 Å². The van der Waals surface area contributed by atoms with Crippen molar-refractivity contribution in [3.05, 3.63) is 25.3 Å². The number of β-amino-alcohol motifs (C(OH)–C–C–N with tert-alkyl or cyclic N) is 1. The molecule has 1 fully saturated rings. The number of hydrogen-bond donors (Lipinski definition) is 1. The summed E-state index contributed by atoms with van der Waals surface area (Å²) in [5.41, 5.74) is 0. The van der Waals surface area contributed by atoms with Crippen molar-refractivity contribution in [2.75, 3.05) is 33.3 Å². The van der Waals surface area contributed by atoms with E-state index in [0.717, 1.165) is 0 Å². The van der Waals surface area contributed by atoms with Crippen LogP contribution in [0.4, 0.5) is 0 Å². The molecule has 1 aliphatic heterocycles. The van der Waals surface area contributed by atoms with Gasteiger partial charge in [0, 0.05) is 26.1 Å². The van der Waals surface area contributed by atoms with Crippen molar-refractivity contribution in [2.24, 2.45) is 0 Å². The minimum absolute atomic E-state index is 0.0680.